The van der Waals surface area contributed by atoms with Crippen molar-refractivity contribution in [1.82, 2.24) is 15.2 Å². The third kappa shape index (κ3) is 6.94. The lowest BCUT2D eigenvalue weighted by Gasteiger charge is -2.34. The number of nitrogens with one attached hydrogen (secondary N) is 1. The topological polar surface area (TPSA) is 122 Å². The summed E-state index contributed by atoms with van der Waals surface area (Å²) in [5, 5.41) is 16.6. The molecule has 12 heteroatoms. The van der Waals surface area contributed by atoms with E-state index in [9.17, 15) is 18.0 Å². The average Bonchev–Trinajstić information content (AvgIpc) is 2.90. The van der Waals surface area contributed by atoms with Crippen molar-refractivity contribution < 1.29 is 18.0 Å². The lowest BCUT2D eigenvalue weighted by atomic mass is 10.0. The van der Waals surface area contributed by atoms with Crippen molar-refractivity contribution in [3.05, 3.63) is 88.2 Å². The van der Waals surface area contributed by atoms with Crippen molar-refractivity contribution in [3.8, 4) is 0 Å². The van der Waals surface area contributed by atoms with Gasteiger partial charge in [-0.05, 0) is 47.4 Å². The van der Waals surface area contributed by atoms with E-state index in [-0.39, 0.29) is 21.8 Å². The van der Waals surface area contributed by atoms with Crippen molar-refractivity contribution in [2.45, 2.75) is 36.3 Å². The van der Waals surface area contributed by atoms with Gasteiger partial charge < -0.3 is 10.1 Å². The van der Waals surface area contributed by atoms with Crippen LogP contribution in [0.25, 0.3) is 0 Å². The Hall–Kier alpha value is -3.28. The summed E-state index contributed by atoms with van der Waals surface area (Å²) in [5.41, 5.74) is 4.09. The quantitative estimate of drug-likeness (QED) is 0.301. The minimum absolute atomic E-state index is 0.00304. The molecule has 2 heterocycles. The summed E-state index contributed by atoms with van der Waals surface area (Å²) in [6.45, 7) is 2.44. The van der Waals surface area contributed by atoms with Gasteiger partial charge in [0.15, 0.2) is 17.1 Å². The number of rotatable bonds is 9. The number of carbonyl (C=O) groups is 2. The molecular formula is C25H24ClN5O4S2. The molecule has 4 rings (SSSR count). The predicted octanol–water partition coefficient (Wildman–Crippen LogP) is 3.75. The van der Waals surface area contributed by atoms with Gasteiger partial charge in [0.2, 0.25) is 0 Å². The van der Waals surface area contributed by atoms with E-state index >= 15 is 0 Å². The summed E-state index contributed by atoms with van der Waals surface area (Å²) in [6, 6.07) is 17.6. The lowest BCUT2D eigenvalue weighted by Crippen LogP contribution is -2.39. The molecule has 0 bridgehead atoms. The van der Waals surface area contributed by atoms with Crippen molar-refractivity contribution in [2.75, 3.05) is 5.32 Å². The van der Waals surface area contributed by atoms with Gasteiger partial charge in [-0.15, -0.1) is 22.0 Å². The van der Waals surface area contributed by atoms with Gasteiger partial charge in [0, 0.05) is 5.69 Å². The fraction of sp³-hybridized carbons (Fsp3) is 0.240. The summed E-state index contributed by atoms with van der Waals surface area (Å²) < 4.78 is 22.1. The van der Waals surface area contributed by atoms with E-state index in [1.54, 1.807) is 29.3 Å². The standard InChI is InChI=1S/C25H24ClN5O4S2/c1-2-21-24(18-7-3-17(4-8-18)15-37(34)35)30-31(23(14-32)36-21)13-16-5-9-19(10-6-16)27-25(33)20-11-12-22(26)29-28-20/h3-12,14,21,23,37H,2,13,15H2,1H3,(H,27,33). The van der Waals surface area contributed by atoms with E-state index in [2.05, 4.69) is 15.5 Å². The van der Waals surface area contributed by atoms with Gasteiger partial charge in [-0.1, -0.05) is 54.9 Å². The fourth-order valence-corrected chi connectivity index (χ4v) is 5.54. The minimum Gasteiger partial charge on any atom is -0.321 e. The Balaban J connectivity index is 1.50. The maximum atomic E-state index is 12.4. The Labute approximate surface area is 225 Å². The number of nitrogens with zero attached hydrogens (tertiary/aromatic N) is 4. The fourth-order valence-electron chi connectivity index (χ4n) is 3.77. The third-order valence-electron chi connectivity index (χ3n) is 5.61. The monoisotopic (exact) mass is 557 g/mol. The largest absolute Gasteiger partial charge is 0.321 e. The molecule has 2 aromatic carbocycles. The molecule has 3 aromatic rings. The highest BCUT2D eigenvalue weighted by Crippen LogP contribution is 2.32. The Morgan fingerprint density at radius 3 is 2.35 bits per heavy atom. The van der Waals surface area contributed by atoms with Gasteiger partial charge in [-0.3, -0.25) is 9.80 Å². The first-order valence-corrected chi connectivity index (χ1v) is 14.1. The Bertz CT molecular complexity index is 1360. The van der Waals surface area contributed by atoms with Crippen LogP contribution in [0.4, 0.5) is 5.69 Å². The number of hydrazone groups is 1. The number of aldehydes is 1. The molecule has 0 radical (unpaired) electrons. The molecule has 2 unspecified atom stereocenters. The molecule has 1 N–H and O–H groups in total. The first kappa shape index (κ1) is 26.8. The third-order valence-corrected chi connectivity index (χ3v) is 7.95. The Morgan fingerprint density at radius 2 is 1.76 bits per heavy atom. The molecule has 192 valence electrons. The number of thioether (sulfide) groups is 1. The predicted molar refractivity (Wildman–Crippen MR) is 145 cm³/mol. The molecule has 9 nitrogen and oxygen atoms in total. The van der Waals surface area contributed by atoms with E-state index < -0.39 is 22.0 Å². The van der Waals surface area contributed by atoms with Crippen molar-refractivity contribution >= 4 is 57.7 Å². The Kier molecular flexibility index (Phi) is 8.91. The number of thiol groups is 1. The number of amides is 1. The number of hydrogen-bond acceptors (Lipinski definition) is 9. The molecule has 1 aromatic heterocycles. The SMILES string of the molecule is CCC1SC(C=O)N(Cc2ccc(NC(=O)c3ccc(Cl)nn3)cc2)N=C1c1ccc(C[SH](=O)=O)cc1. The smallest absolute Gasteiger partial charge is 0.276 e. The van der Waals surface area contributed by atoms with Gasteiger partial charge >= 0.3 is 0 Å². The van der Waals surface area contributed by atoms with Crippen LogP contribution >= 0.6 is 23.4 Å². The summed E-state index contributed by atoms with van der Waals surface area (Å²) >= 11 is 7.25. The van der Waals surface area contributed by atoms with E-state index in [1.807, 2.05) is 31.2 Å². The zero-order valence-electron chi connectivity index (χ0n) is 19.8. The van der Waals surface area contributed by atoms with E-state index in [1.165, 1.54) is 23.9 Å². The highest BCUT2D eigenvalue weighted by atomic mass is 35.5. The van der Waals surface area contributed by atoms with Crippen LogP contribution in [0.15, 0.2) is 65.8 Å². The van der Waals surface area contributed by atoms with Gasteiger partial charge in [-0.25, -0.2) is 8.42 Å². The number of anilines is 1. The lowest BCUT2D eigenvalue weighted by molar-refractivity contribution is -0.110. The summed E-state index contributed by atoms with van der Waals surface area (Å²) in [5.74, 6) is -0.407. The summed E-state index contributed by atoms with van der Waals surface area (Å²) in [7, 11) is -2.49. The molecular weight excluding hydrogens is 534 g/mol. The second-order valence-electron chi connectivity index (χ2n) is 8.22. The number of halogens is 1. The van der Waals surface area contributed by atoms with E-state index in [4.69, 9.17) is 16.7 Å². The van der Waals surface area contributed by atoms with E-state index in [0.29, 0.717) is 12.2 Å². The number of benzene rings is 2. The maximum Gasteiger partial charge on any atom is 0.276 e. The molecule has 1 aliphatic heterocycles. The van der Waals surface area contributed by atoms with Crippen LogP contribution in [0.1, 0.15) is 40.5 Å². The normalized spacial score (nSPS) is 17.4. The van der Waals surface area contributed by atoms with Crippen molar-refractivity contribution in [2.24, 2.45) is 5.10 Å². The maximum absolute atomic E-state index is 12.4. The molecule has 0 fully saturated rings. The van der Waals surface area contributed by atoms with Gasteiger partial charge in [0.25, 0.3) is 5.91 Å². The van der Waals surface area contributed by atoms with Gasteiger partial charge in [0.05, 0.1) is 23.3 Å². The minimum atomic E-state index is -2.49. The molecule has 0 aliphatic carbocycles. The van der Waals surface area contributed by atoms with Crippen LogP contribution < -0.4 is 5.32 Å². The molecule has 1 amide bonds. The molecule has 0 saturated carbocycles. The van der Waals surface area contributed by atoms with Crippen LogP contribution in [0, 0.1) is 0 Å². The number of aromatic nitrogens is 2. The van der Waals surface area contributed by atoms with Crippen LogP contribution in [0.5, 0.6) is 0 Å². The second kappa shape index (κ2) is 12.3. The zero-order chi connectivity index (χ0) is 26.4. The average molecular weight is 558 g/mol. The molecule has 0 saturated heterocycles. The van der Waals surface area contributed by atoms with Crippen molar-refractivity contribution in [3.63, 3.8) is 0 Å². The van der Waals surface area contributed by atoms with Crippen LogP contribution in [0.2, 0.25) is 5.15 Å². The number of hydrogen-bond donors (Lipinski definition) is 2. The first-order valence-electron chi connectivity index (χ1n) is 11.4. The Morgan fingerprint density at radius 1 is 1.05 bits per heavy atom. The zero-order valence-corrected chi connectivity index (χ0v) is 22.2. The molecule has 1 aliphatic rings. The molecule has 2 atom stereocenters. The van der Waals surface area contributed by atoms with Crippen LogP contribution in [-0.4, -0.2) is 52.2 Å². The number of carbonyl (C=O) groups excluding carboxylic acids is 2. The van der Waals surface area contributed by atoms with E-state index in [0.717, 1.165) is 35.1 Å². The summed E-state index contributed by atoms with van der Waals surface area (Å²) in [6.07, 6.45) is 1.69. The highest BCUT2D eigenvalue weighted by molar-refractivity contribution is 8.01. The highest BCUT2D eigenvalue weighted by Gasteiger charge is 2.31. The summed E-state index contributed by atoms with van der Waals surface area (Å²) in [4.78, 5) is 24.2. The molecule has 37 heavy (non-hydrogen) atoms. The molecule has 0 spiro atoms. The first-order chi connectivity index (χ1) is 17.9. The van der Waals surface area contributed by atoms with Crippen LogP contribution in [0.3, 0.4) is 0 Å². The second-order valence-corrected chi connectivity index (χ2v) is 10.9. The van der Waals surface area contributed by atoms with Crippen LogP contribution in [-0.2, 0) is 27.8 Å². The van der Waals surface area contributed by atoms with Gasteiger partial charge in [0.1, 0.15) is 16.1 Å². The van der Waals surface area contributed by atoms with Crippen molar-refractivity contribution in [1.29, 1.82) is 0 Å². The van der Waals surface area contributed by atoms with Gasteiger partial charge in [-0.2, -0.15) is 5.10 Å².